The molecule has 18 heavy (non-hydrogen) atoms. The first-order chi connectivity index (χ1) is 8.70. The van der Waals surface area contributed by atoms with E-state index in [4.69, 9.17) is 9.47 Å². The van der Waals surface area contributed by atoms with Crippen molar-refractivity contribution in [1.29, 1.82) is 0 Å². The van der Waals surface area contributed by atoms with Crippen molar-refractivity contribution in [2.24, 2.45) is 5.92 Å². The Balaban J connectivity index is 2.08. The molecule has 2 rings (SSSR count). The maximum absolute atomic E-state index is 11.0. The third-order valence-electron chi connectivity index (χ3n) is 3.01. The summed E-state index contributed by atoms with van der Waals surface area (Å²) in [5, 5.41) is 14.1. The maximum Gasteiger partial charge on any atom is 0.296 e. The van der Waals surface area contributed by atoms with E-state index in [2.05, 4.69) is 5.32 Å². The highest BCUT2D eigenvalue weighted by Gasteiger charge is 2.19. The Labute approximate surface area is 105 Å². The van der Waals surface area contributed by atoms with E-state index in [1.165, 1.54) is 13.2 Å². The van der Waals surface area contributed by atoms with E-state index in [-0.39, 0.29) is 5.69 Å². The number of nitrogens with zero attached hydrogens (tertiary/aromatic N) is 1. The predicted molar refractivity (Wildman–Crippen MR) is 67.1 cm³/mol. The lowest BCUT2D eigenvalue weighted by Gasteiger charge is -2.11. The van der Waals surface area contributed by atoms with Gasteiger partial charge in [0.25, 0.3) is 5.69 Å². The van der Waals surface area contributed by atoms with Crippen molar-refractivity contribution in [3.05, 3.63) is 28.3 Å². The number of rotatable bonds is 5. The second-order valence-corrected chi connectivity index (χ2v) is 4.25. The number of methoxy groups -OCH3 is 1. The highest BCUT2D eigenvalue weighted by atomic mass is 16.6. The molecule has 1 aromatic rings. The first kappa shape index (κ1) is 12.6. The zero-order valence-corrected chi connectivity index (χ0v) is 10.2. The highest BCUT2D eigenvalue weighted by molar-refractivity contribution is 5.63. The lowest BCUT2D eigenvalue weighted by atomic mass is 10.1. The third kappa shape index (κ3) is 2.89. The molecule has 0 aliphatic carbocycles. The van der Waals surface area contributed by atoms with E-state index < -0.39 is 4.92 Å². The van der Waals surface area contributed by atoms with Crippen LogP contribution < -0.4 is 10.1 Å². The van der Waals surface area contributed by atoms with Crippen molar-refractivity contribution in [2.45, 2.75) is 6.42 Å². The fraction of sp³-hybridized carbons (Fsp3) is 0.500. The standard InChI is InChI=1S/C12H16N2O4/c1-17-10-2-3-11(12(6-10)14(15)16)13-7-9-4-5-18-8-9/h2-3,6,9,13H,4-5,7-8H2,1H3. The molecule has 1 aliphatic rings. The van der Waals surface area contributed by atoms with Gasteiger partial charge in [-0.1, -0.05) is 0 Å². The Hall–Kier alpha value is -1.82. The molecule has 6 nitrogen and oxygen atoms in total. The fourth-order valence-electron chi connectivity index (χ4n) is 1.94. The van der Waals surface area contributed by atoms with Crippen molar-refractivity contribution >= 4 is 11.4 Å². The van der Waals surface area contributed by atoms with Crippen LogP contribution in [0.15, 0.2) is 18.2 Å². The molecule has 1 unspecified atom stereocenters. The Morgan fingerprint density at radius 1 is 1.61 bits per heavy atom. The van der Waals surface area contributed by atoms with Gasteiger partial charge in [-0.25, -0.2) is 0 Å². The Bertz CT molecular complexity index is 430. The van der Waals surface area contributed by atoms with Crippen molar-refractivity contribution in [3.8, 4) is 5.75 Å². The number of hydrogen-bond acceptors (Lipinski definition) is 5. The first-order valence-corrected chi connectivity index (χ1v) is 5.84. The average Bonchev–Trinajstić information content (AvgIpc) is 2.89. The van der Waals surface area contributed by atoms with Crippen LogP contribution in [0.5, 0.6) is 5.75 Å². The monoisotopic (exact) mass is 252 g/mol. The van der Waals surface area contributed by atoms with Gasteiger partial charge in [0.2, 0.25) is 0 Å². The molecule has 1 heterocycles. The molecule has 0 radical (unpaired) electrons. The smallest absolute Gasteiger partial charge is 0.296 e. The molecule has 0 aromatic heterocycles. The zero-order valence-electron chi connectivity index (χ0n) is 10.2. The minimum Gasteiger partial charge on any atom is -0.496 e. The van der Waals surface area contributed by atoms with E-state index in [1.54, 1.807) is 12.1 Å². The van der Waals surface area contributed by atoms with E-state index in [0.717, 1.165) is 19.6 Å². The number of anilines is 1. The van der Waals surface area contributed by atoms with Crippen LogP contribution in [0.3, 0.4) is 0 Å². The second-order valence-electron chi connectivity index (χ2n) is 4.25. The molecule has 0 amide bonds. The Kier molecular flexibility index (Phi) is 3.99. The van der Waals surface area contributed by atoms with Crippen molar-refractivity contribution in [2.75, 3.05) is 32.2 Å². The van der Waals surface area contributed by atoms with Gasteiger partial charge >= 0.3 is 0 Å². The maximum atomic E-state index is 11.0. The van der Waals surface area contributed by atoms with Crippen LogP contribution >= 0.6 is 0 Å². The molecular weight excluding hydrogens is 236 g/mol. The summed E-state index contributed by atoms with van der Waals surface area (Å²) in [7, 11) is 1.49. The van der Waals surface area contributed by atoms with Gasteiger partial charge in [-0.15, -0.1) is 0 Å². The van der Waals surface area contributed by atoms with Crippen LogP contribution in [0.4, 0.5) is 11.4 Å². The van der Waals surface area contributed by atoms with Crippen molar-refractivity contribution in [3.63, 3.8) is 0 Å². The minimum atomic E-state index is -0.407. The largest absolute Gasteiger partial charge is 0.496 e. The van der Waals surface area contributed by atoms with Gasteiger partial charge < -0.3 is 14.8 Å². The van der Waals surface area contributed by atoms with Gasteiger partial charge in [-0.3, -0.25) is 10.1 Å². The van der Waals surface area contributed by atoms with Crippen LogP contribution in [0.25, 0.3) is 0 Å². The fourth-order valence-corrected chi connectivity index (χ4v) is 1.94. The summed E-state index contributed by atoms with van der Waals surface area (Å²) in [6, 6.07) is 4.81. The molecule has 1 aromatic carbocycles. The lowest BCUT2D eigenvalue weighted by Crippen LogP contribution is -2.14. The van der Waals surface area contributed by atoms with E-state index in [9.17, 15) is 10.1 Å². The highest BCUT2D eigenvalue weighted by Crippen LogP contribution is 2.29. The van der Waals surface area contributed by atoms with Crippen LogP contribution in [-0.2, 0) is 4.74 Å². The summed E-state index contributed by atoms with van der Waals surface area (Å²) in [6.45, 7) is 2.18. The van der Waals surface area contributed by atoms with Crippen LogP contribution in [0.1, 0.15) is 6.42 Å². The van der Waals surface area contributed by atoms with Crippen molar-refractivity contribution in [1.82, 2.24) is 0 Å². The molecule has 98 valence electrons. The summed E-state index contributed by atoms with van der Waals surface area (Å²) < 4.78 is 10.3. The number of nitro benzene ring substituents is 1. The molecule has 1 aliphatic heterocycles. The minimum absolute atomic E-state index is 0.0354. The summed E-state index contributed by atoms with van der Waals surface area (Å²) in [4.78, 5) is 10.6. The molecular formula is C12H16N2O4. The number of hydrogen-bond donors (Lipinski definition) is 1. The summed E-state index contributed by atoms with van der Waals surface area (Å²) >= 11 is 0. The molecule has 1 N–H and O–H groups in total. The van der Waals surface area contributed by atoms with Gasteiger partial charge in [-0.05, 0) is 18.6 Å². The van der Waals surface area contributed by atoms with Crippen LogP contribution in [0, 0.1) is 16.0 Å². The van der Waals surface area contributed by atoms with Gasteiger partial charge in [0.15, 0.2) is 0 Å². The average molecular weight is 252 g/mol. The van der Waals surface area contributed by atoms with Crippen molar-refractivity contribution < 1.29 is 14.4 Å². The van der Waals surface area contributed by atoms with E-state index >= 15 is 0 Å². The van der Waals surface area contributed by atoms with Gasteiger partial charge in [0, 0.05) is 19.1 Å². The Morgan fingerprint density at radius 2 is 2.44 bits per heavy atom. The van der Waals surface area contributed by atoms with Crippen LogP contribution in [0.2, 0.25) is 0 Å². The number of ether oxygens (including phenoxy) is 2. The normalized spacial score (nSPS) is 18.6. The molecule has 0 saturated carbocycles. The quantitative estimate of drug-likeness (QED) is 0.641. The lowest BCUT2D eigenvalue weighted by molar-refractivity contribution is -0.384. The van der Waals surface area contributed by atoms with E-state index in [1.807, 2.05) is 0 Å². The molecule has 1 fully saturated rings. The number of benzene rings is 1. The molecule has 6 heteroatoms. The zero-order chi connectivity index (χ0) is 13.0. The molecule has 1 atom stereocenters. The second kappa shape index (κ2) is 5.68. The SMILES string of the molecule is COc1ccc(NCC2CCOC2)c([N+](=O)[O-])c1. The number of nitrogens with one attached hydrogen (secondary N) is 1. The predicted octanol–water partition coefficient (Wildman–Crippen LogP) is 2.05. The van der Waals surface area contributed by atoms with Crippen LogP contribution in [-0.4, -0.2) is 31.8 Å². The van der Waals surface area contributed by atoms with Gasteiger partial charge in [0.05, 0.1) is 24.7 Å². The van der Waals surface area contributed by atoms with E-state index in [0.29, 0.717) is 23.9 Å². The van der Waals surface area contributed by atoms with Gasteiger partial charge in [-0.2, -0.15) is 0 Å². The van der Waals surface area contributed by atoms with Gasteiger partial charge in [0.1, 0.15) is 11.4 Å². The topological polar surface area (TPSA) is 73.6 Å². The Morgan fingerprint density at radius 3 is 3.06 bits per heavy atom. The molecule has 0 bridgehead atoms. The number of nitro groups is 1. The molecule has 0 spiro atoms. The summed E-state index contributed by atoms with van der Waals surface area (Å²) in [5.41, 5.74) is 0.556. The summed E-state index contributed by atoms with van der Waals surface area (Å²) in [5.74, 6) is 0.906. The molecule has 1 saturated heterocycles. The summed E-state index contributed by atoms with van der Waals surface area (Å²) in [6.07, 6.45) is 0.997. The first-order valence-electron chi connectivity index (χ1n) is 5.84. The third-order valence-corrected chi connectivity index (χ3v) is 3.01.